The van der Waals surface area contributed by atoms with E-state index in [0.717, 1.165) is 0 Å². The average molecular weight is 259 g/mol. The highest BCUT2D eigenvalue weighted by Crippen LogP contribution is 2.44. The largest absolute Gasteiger partial charge is 0.508 e. The van der Waals surface area contributed by atoms with Gasteiger partial charge in [0.25, 0.3) is 0 Å². The Morgan fingerprint density at radius 1 is 1.12 bits per heavy atom. The first-order valence-electron chi connectivity index (χ1n) is 4.26. The van der Waals surface area contributed by atoms with Gasteiger partial charge in [0.05, 0.1) is 0 Å². The fourth-order valence-electron chi connectivity index (χ4n) is 1.15. The van der Waals surface area contributed by atoms with Gasteiger partial charge >= 0.3 is 12.1 Å². The second-order valence-corrected chi connectivity index (χ2v) is 3.30. The highest BCUT2D eigenvalue weighted by atomic mass is 19.4. The van der Waals surface area contributed by atoms with Gasteiger partial charge in [0.2, 0.25) is 0 Å². The molecule has 0 saturated carbocycles. The van der Waals surface area contributed by atoms with Crippen LogP contribution in [0, 0.1) is 5.82 Å². The van der Waals surface area contributed by atoms with Gasteiger partial charge in [-0.2, -0.15) is 22.0 Å². The van der Waals surface area contributed by atoms with Gasteiger partial charge in [0.1, 0.15) is 17.6 Å². The van der Waals surface area contributed by atoms with Gasteiger partial charge in [-0.25, -0.2) is 4.39 Å². The molecule has 0 saturated heterocycles. The quantitative estimate of drug-likeness (QED) is 0.802. The molecule has 0 heterocycles. The summed E-state index contributed by atoms with van der Waals surface area (Å²) in [6, 6.07) is -1.19. The van der Waals surface area contributed by atoms with Crippen molar-refractivity contribution in [2.24, 2.45) is 5.73 Å². The van der Waals surface area contributed by atoms with E-state index in [-0.39, 0.29) is 0 Å². The van der Waals surface area contributed by atoms with Crippen molar-refractivity contribution < 1.29 is 31.4 Å². The van der Waals surface area contributed by atoms with Crippen LogP contribution in [0.15, 0.2) is 18.2 Å². The Labute approximate surface area is 91.7 Å². The molecule has 0 radical (unpaired) electrons. The van der Waals surface area contributed by atoms with E-state index in [0.29, 0.717) is 18.2 Å². The van der Waals surface area contributed by atoms with Crippen molar-refractivity contribution in [1.29, 1.82) is 0 Å². The lowest BCUT2D eigenvalue weighted by atomic mass is 10.00. The molecule has 0 spiro atoms. The van der Waals surface area contributed by atoms with E-state index in [9.17, 15) is 26.3 Å². The maximum absolute atomic E-state index is 12.8. The number of hydrogen-bond donors (Lipinski definition) is 2. The predicted molar refractivity (Wildman–Crippen MR) is 46.0 cm³/mol. The van der Waals surface area contributed by atoms with Crippen molar-refractivity contribution in [2.45, 2.75) is 18.1 Å². The topological polar surface area (TPSA) is 46.2 Å². The van der Waals surface area contributed by atoms with Crippen molar-refractivity contribution >= 4 is 0 Å². The predicted octanol–water partition coefficient (Wildman–Crippen LogP) is 2.73. The van der Waals surface area contributed by atoms with E-state index in [1.807, 2.05) is 0 Å². The normalized spacial score (nSPS) is 14.8. The Balaban J connectivity index is 3.21. The number of benzene rings is 1. The van der Waals surface area contributed by atoms with Gasteiger partial charge in [-0.3, -0.25) is 0 Å². The minimum absolute atomic E-state index is 0.333. The lowest BCUT2D eigenvalue weighted by molar-refractivity contribution is -0.291. The number of phenols is 1. The first kappa shape index (κ1) is 13.6. The summed E-state index contributed by atoms with van der Waals surface area (Å²) in [4.78, 5) is 0. The molecule has 0 aromatic heterocycles. The van der Waals surface area contributed by atoms with Gasteiger partial charge in [-0.15, -0.1) is 0 Å². The second kappa shape index (κ2) is 4.10. The van der Waals surface area contributed by atoms with E-state index in [1.54, 1.807) is 0 Å². The molecule has 2 nitrogen and oxygen atoms in total. The summed E-state index contributed by atoms with van der Waals surface area (Å²) in [6.45, 7) is 0. The average Bonchev–Trinajstić information content (AvgIpc) is 2.19. The molecule has 1 aromatic carbocycles. The van der Waals surface area contributed by atoms with Crippen molar-refractivity contribution in [1.82, 2.24) is 0 Å². The lowest BCUT2D eigenvalue weighted by Gasteiger charge is -2.26. The third kappa shape index (κ3) is 2.46. The number of halogens is 6. The Bertz CT molecular complexity index is 416. The molecule has 96 valence electrons. The van der Waals surface area contributed by atoms with Crippen LogP contribution in [0.25, 0.3) is 0 Å². The Morgan fingerprint density at radius 2 is 1.65 bits per heavy atom. The second-order valence-electron chi connectivity index (χ2n) is 3.30. The molecule has 17 heavy (non-hydrogen) atoms. The molecule has 0 aliphatic heterocycles. The maximum Gasteiger partial charge on any atom is 0.455 e. The van der Waals surface area contributed by atoms with Crippen molar-refractivity contribution in [3.05, 3.63) is 29.6 Å². The number of alkyl halides is 5. The standard InChI is InChI=1S/C9H7F6NO/c10-4-1-2-6(17)5(3-4)7(16)8(11,12)9(13,14)15/h1-3,7,17H,16H2/t7-/m1/s1. The SMILES string of the molecule is N[C@H](c1cc(F)ccc1O)C(F)(F)C(F)(F)F. The van der Waals surface area contributed by atoms with Crippen molar-refractivity contribution in [3.63, 3.8) is 0 Å². The Kier molecular flexibility index (Phi) is 3.28. The van der Waals surface area contributed by atoms with Crippen LogP contribution in [0.2, 0.25) is 0 Å². The lowest BCUT2D eigenvalue weighted by Crippen LogP contribution is -2.45. The molecule has 1 rings (SSSR count). The fourth-order valence-corrected chi connectivity index (χ4v) is 1.15. The summed E-state index contributed by atoms with van der Waals surface area (Å²) in [5, 5.41) is 9.09. The minimum atomic E-state index is -5.88. The zero-order valence-electron chi connectivity index (χ0n) is 8.10. The summed E-state index contributed by atoms with van der Waals surface area (Å²) in [7, 11) is 0. The summed E-state index contributed by atoms with van der Waals surface area (Å²) < 4.78 is 74.4. The molecular weight excluding hydrogens is 252 g/mol. The van der Waals surface area contributed by atoms with Crippen LogP contribution in [-0.2, 0) is 0 Å². The highest BCUT2D eigenvalue weighted by molar-refractivity contribution is 5.36. The van der Waals surface area contributed by atoms with E-state index >= 15 is 0 Å². The molecule has 1 atom stereocenters. The van der Waals surface area contributed by atoms with Gasteiger partial charge in [0, 0.05) is 5.56 Å². The van der Waals surface area contributed by atoms with E-state index in [2.05, 4.69) is 0 Å². The first-order valence-corrected chi connectivity index (χ1v) is 4.26. The van der Waals surface area contributed by atoms with Gasteiger partial charge in [-0.1, -0.05) is 0 Å². The van der Waals surface area contributed by atoms with Crippen LogP contribution in [0.4, 0.5) is 26.3 Å². The monoisotopic (exact) mass is 259 g/mol. The smallest absolute Gasteiger partial charge is 0.455 e. The van der Waals surface area contributed by atoms with Gasteiger partial charge in [0.15, 0.2) is 0 Å². The molecule has 0 aliphatic carbocycles. The Hall–Kier alpha value is -1.44. The van der Waals surface area contributed by atoms with Crippen molar-refractivity contribution in [3.8, 4) is 5.75 Å². The summed E-state index contributed by atoms with van der Waals surface area (Å²) in [5.74, 6) is -7.27. The molecule has 8 heteroatoms. The van der Waals surface area contributed by atoms with Crippen molar-refractivity contribution in [2.75, 3.05) is 0 Å². The molecular formula is C9H7F6NO. The molecule has 0 unspecified atom stereocenters. The molecule has 0 bridgehead atoms. The Morgan fingerprint density at radius 3 is 2.12 bits per heavy atom. The first-order chi connectivity index (χ1) is 7.57. The number of hydrogen-bond acceptors (Lipinski definition) is 2. The minimum Gasteiger partial charge on any atom is -0.508 e. The summed E-state index contributed by atoms with van der Waals surface area (Å²) >= 11 is 0. The number of rotatable bonds is 2. The number of aromatic hydroxyl groups is 1. The molecule has 3 N–H and O–H groups in total. The zero-order valence-corrected chi connectivity index (χ0v) is 8.10. The number of nitrogens with two attached hydrogens (primary N) is 1. The third-order valence-electron chi connectivity index (χ3n) is 2.09. The summed E-state index contributed by atoms with van der Waals surface area (Å²) in [5.41, 5.74) is 3.72. The molecule has 0 aliphatic rings. The van der Waals surface area contributed by atoms with Crippen LogP contribution >= 0.6 is 0 Å². The molecule has 1 aromatic rings. The van der Waals surface area contributed by atoms with Crippen LogP contribution in [-0.4, -0.2) is 17.2 Å². The van der Waals surface area contributed by atoms with E-state index < -0.39 is 35.3 Å². The van der Waals surface area contributed by atoms with Crippen LogP contribution in [0.1, 0.15) is 11.6 Å². The zero-order chi connectivity index (χ0) is 13.4. The molecule has 0 amide bonds. The molecule has 0 fully saturated rings. The van der Waals surface area contributed by atoms with Crippen LogP contribution in [0.5, 0.6) is 5.75 Å². The van der Waals surface area contributed by atoms with Crippen LogP contribution < -0.4 is 5.73 Å². The van der Waals surface area contributed by atoms with Crippen LogP contribution in [0.3, 0.4) is 0 Å². The highest BCUT2D eigenvalue weighted by Gasteiger charge is 2.62. The number of phenolic OH excluding ortho intramolecular Hbond substituents is 1. The van der Waals surface area contributed by atoms with E-state index in [4.69, 9.17) is 10.8 Å². The maximum atomic E-state index is 12.8. The third-order valence-corrected chi connectivity index (χ3v) is 2.09. The van der Waals surface area contributed by atoms with Gasteiger partial charge in [-0.05, 0) is 18.2 Å². The van der Waals surface area contributed by atoms with Gasteiger partial charge < -0.3 is 10.8 Å². The fraction of sp³-hybridized carbons (Fsp3) is 0.333. The van der Waals surface area contributed by atoms with E-state index in [1.165, 1.54) is 0 Å². The summed E-state index contributed by atoms with van der Waals surface area (Å²) in [6.07, 6.45) is -5.88.